The molecule has 0 aliphatic heterocycles. The van der Waals surface area contributed by atoms with Gasteiger partial charge in [-0.15, -0.1) is 0 Å². The molecule has 0 bridgehead atoms. The maximum absolute atomic E-state index is 12.4. The Balaban J connectivity index is 1.81. The van der Waals surface area contributed by atoms with Gasteiger partial charge in [-0.05, 0) is 67.1 Å². The van der Waals surface area contributed by atoms with Crippen LogP contribution in [0.4, 0.5) is 5.69 Å². The van der Waals surface area contributed by atoms with Gasteiger partial charge in [-0.3, -0.25) is 9.59 Å². The number of benzene rings is 2. The van der Waals surface area contributed by atoms with Gasteiger partial charge < -0.3 is 11.1 Å². The second-order valence-corrected chi connectivity index (χ2v) is 5.55. The Morgan fingerprint density at radius 2 is 1.59 bits per heavy atom. The predicted octanol–water partition coefficient (Wildman–Crippen LogP) is 2.92. The van der Waals surface area contributed by atoms with Gasteiger partial charge >= 0.3 is 0 Å². The molecule has 4 nitrogen and oxygen atoms in total. The van der Waals surface area contributed by atoms with Crippen LogP contribution in [0.15, 0.2) is 42.5 Å². The zero-order chi connectivity index (χ0) is 15.5. The largest absolute Gasteiger partial charge is 0.366 e. The molecule has 1 aliphatic rings. The lowest BCUT2D eigenvalue weighted by Gasteiger charge is -2.19. The molecule has 0 saturated heterocycles. The molecule has 0 spiro atoms. The Kier molecular flexibility index (Phi) is 3.92. The predicted molar refractivity (Wildman–Crippen MR) is 86.0 cm³/mol. The molecule has 3 rings (SSSR count). The second kappa shape index (κ2) is 6.02. The quantitative estimate of drug-likeness (QED) is 0.913. The van der Waals surface area contributed by atoms with E-state index in [0.29, 0.717) is 11.1 Å². The minimum Gasteiger partial charge on any atom is -0.366 e. The number of rotatable bonds is 3. The molecule has 0 unspecified atom stereocenters. The summed E-state index contributed by atoms with van der Waals surface area (Å²) in [7, 11) is 0. The molecule has 112 valence electrons. The molecule has 0 aromatic heterocycles. The fourth-order valence-electron chi connectivity index (χ4n) is 2.88. The summed E-state index contributed by atoms with van der Waals surface area (Å²) < 4.78 is 0. The van der Waals surface area contributed by atoms with Crippen LogP contribution in [0.3, 0.4) is 0 Å². The molecule has 0 fully saturated rings. The third-order valence-corrected chi connectivity index (χ3v) is 4.08. The SMILES string of the molecule is NC(=O)c1ccc(C(=O)Nc2cccc3c2CCCC3)cc1. The summed E-state index contributed by atoms with van der Waals surface area (Å²) in [5.41, 5.74) is 9.57. The second-order valence-electron chi connectivity index (χ2n) is 5.55. The number of nitrogens with one attached hydrogen (secondary N) is 1. The highest BCUT2D eigenvalue weighted by atomic mass is 16.2. The number of hydrogen-bond donors (Lipinski definition) is 2. The first kappa shape index (κ1) is 14.3. The summed E-state index contributed by atoms with van der Waals surface area (Å²) in [6, 6.07) is 12.4. The van der Waals surface area contributed by atoms with E-state index in [-0.39, 0.29) is 5.91 Å². The van der Waals surface area contributed by atoms with E-state index in [1.807, 2.05) is 12.1 Å². The lowest BCUT2D eigenvalue weighted by atomic mass is 9.90. The highest BCUT2D eigenvalue weighted by molar-refractivity contribution is 6.05. The molecule has 2 amide bonds. The van der Waals surface area contributed by atoms with Crippen molar-refractivity contribution in [3.63, 3.8) is 0 Å². The Morgan fingerprint density at radius 1 is 0.909 bits per heavy atom. The average Bonchev–Trinajstić information content (AvgIpc) is 2.55. The highest BCUT2D eigenvalue weighted by Crippen LogP contribution is 2.28. The van der Waals surface area contributed by atoms with Crippen LogP contribution >= 0.6 is 0 Å². The van der Waals surface area contributed by atoms with Gasteiger partial charge in [0, 0.05) is 16.8 Å². The van der Waals surface area contributed by atoms with Crippen molar-refractivity contribution in [3.8, 4) is 0 Å². The molecular formula is C18H18N2O2. The van der Waals surface area contributed by atoms with Crippen molar-refractivity contribution in [2.24, 2.45) is 5.73 Å². The van der Waals surface area contributed by atoms with Gasteiger partial charge in [0.1, 0.15) is 0 Å². The summed E-state index contributed by atoms with van der Waals surface area (Å²) in [6.07, 6.45) is 4.45. The first-order chi connectivity index (χ1) is 10.6. The lowest BCUT2D eigenvalue weighted by molar-refractivity contribution is 0.0995. The van der Waals surface area contributed by atoms with Crippen molar-refractivity contribution >= 4 is 17.5 Å². The van der Waals surface area contributed by atoms with E-state index in [4.69, 9.17) is 5.73 Å². The lowest BCUT2D eigenvalue weighted by Crippen LogP contribution is -2.16. The van der Waals surface area contributed by atoms with Crippen molar-refractivity contribution < 1.29 is 9.59 Å². The van der Waals surface area contributed by atoms with E-state index >= 15 is 0 Å². The number of fused-ring (bicyclic) bond motifs is 1. The number of aryl methyl sites for hydroxylation is 1. The van der Waals surface area contributed by atoms with Crippen LogP contribution in [-0.2, 0) is 12.8 Å². The monoisotopic (exact) mass is 294 g/mol. The van der Waals surface area contributed by atoms with E-state index in [1.165, 1.54) is 17.5 Å². The molecule has 1 aliphatic carbocycles. The Morgan fingerprint density at radius 3 is 2.32 bits per heavy atom. The molecule has 2 aromatic carbocycles. The molecule has 2 aromatic rings. The van der Waals surface area contributed by atoms with Gasteiger partial charge in [-0.1, -0.05) is 12.1 Å². The Labute approximate surface area is 129 Å². The standard InChI is InChI=1S/C18H18N2O2/c19-17(21)13-8-10-14(11-9-13)18(22)20-16-7-3-5-12-4-1-2-6-15(12)16/h3,5,7-11H,1-2,4,6H2,(H2,19,21)(H,20,22). The van der Waals surface area contributed by atoms with E-state index in [2.05, 4.69) is 11.4 Å². The van der Waals surface area contributed by atoms with Crippen molar-refractivity contribution in [2.45, 2.75) is 25.7 Å². The van der Waals surface area contributed by atoms with Gasteiger partial charge in [0.05, 0.1) is 0 Å². The fourth-order valence-corrected chi connectivity index (χ4v) is 2.88. The van der Waals surface area contributed by atoms with Gasteiger partial charge in [0.2, 0.25) is 5.91 Å². The number of primary amides is 1. The zero-order valence-corrected chi connectivity index (χ0v) is 12.3. The smallest absolute Gasteiger partial charge is 0.255 e. The van der Waals surface area contributed by atoms with Crippen molar-refractivity contribution in [1.29, 1.82) is 0 Å². The molecule has 0 radical (unpaired) electrons. The maximum Gasteiger partial charge on any atom is 0.255 e. The normalized spacial score (nSPS) is 13.3. The van der Waals surface area contributed by atoms with Gasteiger partial charge in [-0.25, -0.2) is 0 Å². The van der Waals surface area contributed by atoms with Crippen LogP contribution < -0.4 is 11.1 Å². The molecule has 0 heterocycles. The zero-order valence-electron chi connectivity index (χ0n) is 12.3. The summed E-state index contributed by atoms with van der Waals surface area (Å²) in [5.74, 6) is -0.668. The fraction of sp³-hybridized carbons (Fsp3) is 0.222. The van der Waals surface area contributed by atoms with Crippen LogP contribution in [0.25, 0.3) is 0 Å². The van der Waals surface area contributed by atoms with Crippen molar-refractivity contribution in [3.05, 3.63) is 64.7 Å². The van der Waals surface area contributed by atoms with E-state index in [9.17, 15) is 9.59 Å². The van der Waals surface area contributed by atoms with Crippen LogP contribution in [0.2, 0.25) is 0 Å². The Hall–Kier alpha value is -2.62. The van der Waals surface area contributed by atoms with Gasteiger partial charge in [-0.2, -0.15) is 0 Å². The van der Waals surface area contributed by atoms with Crippen LogP contribution in [0.1, 0.15) is 44.7 Å². The number of carbonyl (C=O) groups excluding carboxylic acids is 2. The van der Waals surface area contributed by atoms with Gasteiger partial charge in [0.25, 0.3) is 5.91 Å². The molecule has 0 atom stereocenters. The van der Waals surface area contributed by atoms with E-state index in [0.717, 1.165) is 24.9 Å². The molecule has 3 N–H and O–H groups in total. The van der Waals surface area contributed by atoms with Crippen LogP contribution in [0.5, 0.6) is 0 Å². The summed E-state index contributed by atoms with van der Waals surface area (Å²) in [5, 5.41) is 2.98. The van der Waals surface area contributed by atoms with Crippen molar-refractivity contribution in [1.82, 2.24) is 0 Å². The third kappa shape index (κ3) is 2.86. The van der Waals surface area contributed by atoms with Crippen LogP contribution in [0, 0.1) is 0 Å². The maximum atomic E-state index is 12.4. The van der Waals surface area contributed by atoms with Gasteiger partial charge in [0.15, 0.2) is 0 Å². The number of anilines is 1. The Bertz CT molecular complexity index is 720. The first-order valence-electron chi connectivity index (χ1n) is 7.47. The summed E-state index contributed by atoms with van der Waals surface area (Å²) >= 11 is 0. The molecule has 22 heavy (non-hydrogen) atoms. The minimum atomic E-state index is -0.496. The first-order valence-corrected chi connectivity index (χ1v) is 7.47. The average molecular weight is 294 g/mol. The topological polar surface area (TPSA) is 72.2 Å². The number of amides is 2. The third-order valence-electron chi connectivity index (χ3n) is 4.08. The molecular weight excluding hydrogens is 276 g/mol. The number of nitrogens with two attached hydrogens (primary N) is 1. The molecule has 4 heteroatoms. The highest BCUT2D eigenvalue weighted by Gasteiger charge is 2.15. The minimum absolute atomic E-state index is 0.171. The van der Waals surface area contributed by atoms with E-state index < -0.39 is 5.91 Å². The summed E-state index contributed by atoms with van der Waals surface area (Å²) in [6.45, 7) is 0. The van der Waals surface area contributed by atoms with Crippen LogP contribution in [-0.4, -0.2) is 11.8 Å². The van der Waals surface area contributed by atoms with Crippen molar-refractivity contribution in [2.75, 3.05) is 5.32 Å². The number of carbonyl (C=O) groups is 2. The number of hydrogen-bond acceptors (Lipinski definition) is 2. The summed E-state index contributed by atoms with van der Waals surface area (Å²) in [4.78, 5) is 23.4. The molecule has 0 saturated carbocycles. The van der Waals surface area contributed by atoms with E-state index in [1.54, 1.807) is 24.3 Å².